The van der Waals surface area contributed by atoms with Crippen LogP contribution in [0.3, 0.4) is 0 Å². The first-order chi connectivity index (χ1) is 8.61. The van der Waals surface area contributed by atoms with Crippen LogP contribution < -0.4 is 10.6 Å². The van der Waals surface area contributed by atoms with Crippen molar-refractivity contribution in [2.75, 3.05) is 30.3 Å². The second-order valence-electron chi connectivity index (χ2n) is 4.38. The van der Waals surface area contributed by atoms with E-state index in [0.29, 0.717) is 24.4 Å². The van der Waals surface area contributed by atoms with E-state index in [1.807, 2.05) is 4.90 Å². The van der Waals surface area contributed by atoms with Gasteiger partial charge in [0.25, 0.3) is 0 Å². The van der Waals surface area contributed by atoms with Gasteiger partial charge in [-0.25, -0.2) is 4.79 Å². The SMILES string of the molecule is CCOC(=O)c1ccc(N2CC[C@H](O)C2)c(N)c1. The number of aliphatic hydroxyl groups is 1. The normalized spacial score (nSPS) is 19.0. The van der Waals surface area contributed by atoms with E-state index in [4.69, 9.17) is 10.5 Å². The number of hydrogen-bond donors (Lipinski definition) is 2. The zero-order valence-electron chi connectivity index (χ0n) is 10.4. The number of aliphatic hydroxyl groups excluding tert-OH is 1. The number of ether oxygens (including phenoxy) is 1. The molecule has 0 saturated carbocycles. The number of nitrogens with zero attached hydrogens (tertiary/aromatic N) is 1. The lowest BCUT2D eigenvalue weighted by Crippen LogP contribution is -2.22. The van der Waals surface area contributed by atoms with Crippen molar-refractivity contribution in [1.29, 1.82) is 0 Å². The topological polar surface area (TPSA) is 75.8 Å². The minimum absolute atomic E-state index is 0.297. The van der Waals surface area contributed by atoms with E-state index in [1.165, 1.54) is 0 Å². The highest BCUT2D eigenvalue weighted by Gasteiger charge is 2.22. The van der Waals surface area contributed by atoms with Crippen LogP contribution in [-0.2, 0) is 4.74 Å². The Morgan fingerprint density at radius 2 is 2.39 bits per heavy atom. The Morgan fingerprint density at radius 3 is 2.94 bits per heavy atom. The van der Waals surface area contributed by atoms with Crippen LogP contribution in [0, 0.1) is 0 Å². The van der Waals surface area contributed by atoms with Crippen molar-refractivity contribution in [1.82, 2.24) is 0 Å². The minimum atomic E-state index is -0.364. The highest BCUT2D eigenvalue weighted by Crippen LogP contribution is 2.27. The summed E-state index contributed by atoms with van der Waals surface area (Å²) in [6, 6.07) is 5.13. The molecule has 1 atom stereocenters. The summed E-state index contributed by atoms with van der Waals surface area (Å²) in [4.78, 5) is 13.6. The van der Waals surface area contributed by atoms with Crippen molar-refractivity contribution in [3.63, 3.8) is 0 Å². The lowest BCUT2D eigenvalue weighted by atomic mass is 10.1. The molecule has 1 aliphatic heterocycles. The molecule has 0 aliphatic carbocycles. The van der Waals surface area contributed by atoms with Crippen molar-refractivity contribution in [3.8, 4) is 0 Å². The molecule has 98 valence electrons. The fourth-order valence-electron chi connectivity index (χ4n) is 2.14. The number of carbonyl (C=O) groups excluding carboxylic acids is 1. The van der Waals surface area contributed by atoms with Gasteiger partial charge in [0.05, 0.1) is 29.6 Å². The fourth-order valence-corrected chi connectivity index (χ4v) is 2.14. The maximum atomic E-state index is 11.6. The molecule has 2 rings (SSSR count). The Kier molecular flexibility index (Phi) is 3.72. The second-order valence-corrected chi connectivity index (χ2v) is 4.38. The first-order valence-electron chi connectivity index (χ1n) is 6.11. The van der Waals surface area contributed by atoms with Gasteiger partial charge in [0.1, 0.15) is 0 Å². The molecule has 1 saturated heterocycles. The van der Waals surface area contributed by atoms with E-state index in [9.17, 15) is 9.90 Å². The number of hydrogen-bond acceptors (Lipinski definition) is 5. The molecular weight excluding hydrogens is 232 g/mol. The van der Waals surface area contributed by atoms with Crippen LogP contribution in [0.1, 0.15) is 23.7 Å². The molecule has 1 aromatic rings. The van der Waals surface area contributed by atoms with Gasteiger partial charge in [-0.2, -0.15) is 0 Å². The van der Waals surface area contributed by atoms with Crippen LogP contribution >= 0.6 is 0 Å². The number of benzene rings is 1. The van der Waals surface area contributed by atoms with Crippen molar-refractivity contribution in [3.05, 3.63) is 23.8 Å². The predicted octanol–water partition coefficient (Wildman–Crippen LogP) is 1.02. The number of anilines is 2. The third-order valence-corrected chi connectivity index (χ3v) is 3.04. The molecule has 0 radical (unpaired) electrons. The van der Waals surface area contributed by atoms with Gasteiger partial charge in [0.2, 0.25) is 0 Å². The summed E-state index contributed by atoms with van der Waals surface area (Å²) in [5, 5.41) is 9.51. The molecule has 5 nitrogen and oxygen atoms in total. The summed E-state index contributed by atoms with van der Waals surface area (Å²) in [6.45, 7) is 3.48. The van der Waals surface area contributed by atoms with Crippen LogP contribution in [-0.4, -0.2) is 36.9 Å². The Morgan fingerprint density at radius 1 is 1.61 bits per heavy atom. The predicted molar refractivity (Wildman–Crippen MR) is 69.6 cm³/mol. The van der Waals surface area contributed by atoms with Crippen LogP contribution in [0.5, 0.6) is 0 Å². The van der Waals surface area contributed by atoms with Gasteiger partial charge >= 0.3 is 5.97 Å². The summed E-state index contributed by atoms with van der Waals surface area (Å²) in [5.74, 6) is -0.364. The van der Waals surface area contributed by atoms with E-state index in [-0.39, 0.29) is 12.1 Å². The highest BCUT2D eigenvalue weighted by molar-refractivity contribution is 5.92. The molecule has 0 aromatic heterocycles. The van der Waals surface area contributed by atoms with Crippen molar-refractivity contribution >= 4 is 17.3 Å². The second kappa shape index (κ2) is 5.27. The molecule has 1 aromatic carbocycles. The number of nitrogen functional groups attached to an aromatic ring is 1. The minimum Gasteiger partial charge on any atom is -0.462 e. The van der Waals surface area contributed by atoms with Crippen LogP contribution in [0.4, 0.5) is 11.4 Å². The number of rotatable bonds is 3. The van der Waals surface area contributed by atoms with E-state index >= 15 is 0 Å². The maximum Gasteiger partial charge on any atom is 0.338 e. The smallest absolute Gasteiger partial charge is 0.338 e. The fraction of sp³-hybridized carbons (Fsp3) is 0.462. The number of nitrogens with two attached hydrogens (primary N) is 1. The van der Waals surface area contributed by atoms with Crippen molar-refractivity contribution in [2.24, 2.45) is 0 Å². The molecule has 3 N–H and O–H groups in total. The third kappa shape index (κ3) is 2.56. The molecule has 0 spiro atoms. The molecule has 0 bridgehead atoms. The van der Waals surface area contributed by atoms with Gasteiger partial charge in [-0.05, 0) is 31.5 Å². The average Bonchev–Trinajstić information content (AvgIpc) is 2.76. The number of carbonyl (C=O) groups is 1. The zero-order valence-corrected chi connectivity index (χ0v) is 10.4. The molecule has 1 fully saturated rings. The van der Waals surface area contributed by atoms with Gasteiger partial charge in [-0.1, -0.05) is 0 Å². The zero-order chi connectivity index (χ0) is 13.1. The van der Waals surface area contributed by atoms with Gasteiger partial charge < -0.3 is 20.5 Å². The summed E-state index contributed by atoms with van der Waals surface area (Å²) < 4.78 is 4.92. The van der Waals surface area contributed by atoms with Crippen LogP contribution in [0.15, 0.2) is 18.2 Å². The van der Waals surface area contributed by atoms with Gasteiger partial charge in [0.15, 0.2) is 0 Å². The first kappa shape index (κ1) is 12.7. The molecule has 5 heteroatoms. The Labute approximate surface area is 106 Å². The monoisotopic (exact) mass is 250 g/mol. The molecular formula is C13H18N2O3. The highest BCUT2D eigenvalue weighted by atomic mass is 16.5. The maximum absolute atomic E-state index is 11.6. The Bertz CT molecular complexity index is 448. The van der Waals surface area contributed by atoms with Crippen molar-refractivity contribution < 1.29 is 14.6 Å². The van der Waals surface area contributed by atoms with Gasteiger partial charge in [-0.15, -0.1) is 0 Å². The van der Waals surface area contributed by atoms with Gasteiger partial charge in [-0.3, -0.25) is 0 Å². The van der Waals surface area contributed by atoms with E-state index < -0.39 is 0 Å². The lowest BCUT2D eigenvalue weighted by Gasteiger charge is -2.20. The van der Waals surface area contributed by atoms with Crippen LogP contribution in [0.25, 0.3) is 0 Å². The quantitative estimate of drug-likeness (QED) is 0.618. The Hall–Kier alpha value is -1.75. The molecule has 0 amide bonds. The molecule has 1 aliphatic rings. The Balaban J connectivity index is 2.17. The van der Waals surface area contributed by atoms with Crippen LogP contribution in [0.2, 0.25) is 0 Å². The summed E-state index contributed by atoms with van der Waals surface area (Å²) in [7, 11) is 0. The largest absolute Gasteiger partial charge is 0.462 e. The van der Waals surface area contributed by atoms with Gasteiger partial charge in [0, 0.05) is 13.1 Å². The van der Waals surface area contributed by atoms with E-state index in [1.54, 1.807) is 25.1 Å². The summed E-state index contributed by atoms with van der Waals surface area (Å²) in [5.41, 5.74) is 7.80. The third-order valence-electron chi connectivity index (χ3n) is 3.04. The molecule has 18 heavy (non-hydrogen) atoms. The van der Waals surface area contributed by atoms with E-state index in [2.05, 4.69) is 0 Å². The lowest BCUT2D eigenvalue weighted by molar-refractivity contribution is 0.0526. The number of β-amino-alcohol motifs (C(OH)–C–C–N with tert-alkyl or cyclic N) is 1. The molecule has 0 unspecified atom stereocenters. The van der Waals surface area contributed by atoms with Crippen molar-refractivity contribution in [2.45, 2.75) is 19.4 Å². The number of esters is 1. The summed E-state index contributed by atoms with van der Waals surface area (Å²) in [6.07, 6.45) is 0.452. The summed E-state index contributed by atoms with van der Waals surface area (Å²) >= 11 is 0. The first-order valence-corrected chi connectivity index (χ1v) is 6.11. The molecule has 1 heterocycles. The average molecular weight is 250 g/mol. The standard InChI is InChI=1S/C13H18N2O3/c1-2-18-13(17)9-3-4-12(11(14)7-9)15-6-5-10(16)8-15/h3-4,7,10,16H,2,5-6,8,14H2,1H3/t10-/m0/s1. The van der Waals surface area contributed by atoms with E-state index in [0.717, 1.165) is 18.7 Å².